The highest BCUT2D eigenvalue weighted by molar-refractivity contribution is 7.09. The molecule has 6 nitrogen and oxygen atoms in total. The molecule has 2 heterocycles. The van der Waals surface area contributed by atoms with Gasteiger partial charge in [0.2, 0.25) is 5.91 Å². The summed E-state index contributed by atoms with van der Waals surface area (Å²) in [5.74, 6) is 0.957. The highest BCUT2D eigenvalue weighted by Gasteiger charge is 2.21. The number of likely N-dealkylation sites (tertiary alicyclic amines) is 1. The molecule has 1 aliphatic rings. The summed E-state index contributed by atoms with van der Waals surface area (Å²) < 4.78 is 0. The maximum absolute atomic E-state index is 11.4. The zero-order chi connectivity index (χ0) is 17.7. The number of amides is 1. The lowest BCUT2D eigenvalue weighted by atomic mass is 9.93. The van der Waals surface area contributed by atoms with E-state index in [1.54, 1.807) is 25.3 Å². The van der Waals surface area contributed by atoms with Gasteiger partial charge in [-0.05, 0) is 12.8 Å². The molecule has 0 unspecified atom stereocenters. The van der Waals surface area contributed by atoms with Gasteiger partial charge in [0.25, 0.3) is 0 Å². The van der Waals surface area contributed by atoms with Crippen LogP contribution in [-0.2, 0) is 16.8 Å². The zero-order valence-corrected chi connectivity index (χ0v) is 16.2. The molecular weight excluding hydrogens is 322 g/mol. The summed E-state index contributed by atoms with van der Waals surface area (Å²) in [4.78, 5) is 22.3. The molecule has 24 heavy (non-hydrogen) atoms. The van der Waals surface area contributed by atoms with Crippen LogP contribution in [0.15, 0.2) is 10.4 Å². The van der Waals surface area contributed by atoms with Crippen molar-refractivity contribution in [3.8, 4) is 0 Å². The third kappa shape index (κ3) is 5.19. The summed E-state index contributed by atoms with van der Waals surface area (Å²) in [5, 5.41) is 9.98. The van der Waals surface area contributed by atoms with Crippen LogP contribution in [0, 0.1) is 0 Å². The number of carbonyl (C=O) groups excluding carboxylic acids is 1. The van der Waals surface area contributed by atoms with Crippen molar-refractivity contribution >= 4 is 23.2 Å². The Hall–Kier alpha value is -1.63. The van der Waals surface area contributed by atoms with E-state index < -0.39 is 0 Å². The van der Waals surface area contributed by atoms with Gasteiger partial charge in [-0.2, -0.15) is 0 Å². The van der Waals surface area contributed by atoms with Crippen LogP contribution in [0.1, 0.15) is 51.2 Å². The number of aromatic nitrogens is 1. The van der Waals surface area contributed by atoms with Gasteiger partial charge >= 0.3 is 0 Å². The third-order valence-corrected chi connectivity index (χ3v) is 5.08. The number of aliphatic imine (C=N–C) groups is 1. The molecule has 134 valence electrons. The van der Waals surface area contributed by atoms with Crippen LogP contribution >= 0.6 is 11.3 Å². The molecule has 0 radical (unpaired) electrons. The van der Waals surface area contributed by atoms with E-state index in [-0.39, 0.29) is 11.3 Å². The highest BCUT2D eigenvalue weighted by Crippen LogP contribution is 2.23. The SMILES string of the molecule is CN=C(NCc1nc(C(C)(C)C)cs1)NC1CCN(C(C)=O)CC1. The highest BCUT2D eigenvalue weighted by atomic mass is 32.1. The quantitative estimate of drug-likeness (QED) is 0.646. The fourth-order valence-corrected chi connectivity index (χ4v) is 3.58. The fraction of sp³-hybridized carbons (Fsp3) is 0.706. The summed E-state index contributed by atoms with van der Waals surface area (Å²) in [7, 11) is 1.78. The molecular formula is C17H29N5OS. The lowest BCUT2D eigenvalue weighted by Crippen LogP contribution is -2.49. The number of hydrogen-bond donors (Lipinski definition) is 2. The van der Waals surface area contributed by atoms with Crippen LogP contribution in [0.3, 0.4) is 0 Å². The minimum absolute atomic E-state index is 0.0827. The topological polar surface area (TPSA) is 69.6 Å². The maximum Gasteiger partial charge on any atom is 0.219 e. The van der Waals surface area contributed by atoms with Gasteiger partial charge in [-0.1, -0.05) is 20.8 Å². The van der Waals surface area contributed by atoms with Crippen LogP contribution in [0.5, 0.6) is 0 Å². The number of guanidine groups is 1. The summed E-state index contributed by atoms with van der Waals surface area (Å²) in [6, 6.07) is 0.355. The van der Waals surface area contributed by atoms with Gasteiger partial charge in [0.05, 0.1) is 12.2 Å². The Kier molecular flexibility index (Phi) is 6.21. The Morgan fingerprint density at radius 3 is 2.58 bits per heavy atom. The zero-order valence-electron chi connectivity index (χ0n) is 15.3. The van der Waals surface area contributed by atoms with E-state index in [0.29, 0.717) is 12.6 Å². The standard InChI is InChI=1S/C17H29N5OS/c1-12(23)22-8-6-13(7-9-22)20-16(18-5)19-10-15-21-14(11-24-15)17(2,3)4/h11,13H,6-10H2,1-5H3,(H2,18,19,20). The predicted molar refractivity (Wildman–Crippen MR) is 99.4 cm³/mol. The molecule has 0 aliphatic carbocycles. The van der Waals surface area contributed by atoms with Crippen LogP contribution in [0.4, 0.5) is 0 Å². The van der Waals surface area contributed by atoms with Gasteiger partial charge in [-0.25, -0.2) is 4.98 Å². The smallest absolute Gasteiger partial charge is 0.219 e. The second-order valence-corrected chi connectivity index (χ2v) is 8.17. The molecule has 7 heteroatoms. The van der Waals surface area contributed by atoms with Crippen LogP contribution < -0.4 is 10.6 Å². The molecule has 1 saturated heterocycles. The van der Waals surface area contributed by atoms with Gasteiger partial charge in [-0.3, -0.25) is 9.79 Å². The predicted octanol–water partition coefficient (Wildman–Crippen LogP) is 2.12. The molecule has 1 amide bonds. The first-order chi connectivity index (χ1) is 11.3. The summed E-state index contributed by atoms with van der Waals surface area (Å²) in [6.07, 6.45) is 1.90. The number of rotatable bonds is 3. The van der Waals surface area contributed by atoms with Crippen molar-refractivity contribution in [3.05, 3.63) is 16.1 Å². The van der Waals surface area contributed by atoms with Crippen molar-refractivity contribution < 1.29 is 4.79 Å². The monoisotopic (exact) mass is 351 g/mol. The normalized spacial score (nSPS) is 17.0. The molecule has 1 fully saturated rings. The van der Waals surface area contributed by atoms with E-state index in [2.05, 4.69) is 41.8 Å². The molecule has 1 aliphatic heterocycles. The van der Waals surface area contributed by atoms with Crippen molar-refractivity contribution in [2.24, 2.45) is 4.99 Å². The number of carbonyl (C=O) groups is 1. The van der Waals surface area contributed by atoms with Crippen molar-refractivity contribution in [1.29, 1.82) is 0 Å². The Balaban J connectivity index is 1.81. The van der Waals surface area contributed by atoms with Gasteiger partial charge in [0.15, 0.2) is 5.96 Å². The minimum atomic E-state index is 0.0827. The Morgan fingerprint density at radius 1 is 1.42 bits per heavy atom. The number of nitrogens with zero attached hydrogens (tertiary/aromatic N) is 3. The summed E-state index contributed by atoms with van der Waals surface area (Å²) in [6.45, 7) is 10.4. The second kappa shape index (κ2) is 7.96. The molecule has 0 aromatic carbocycles. The third-order valence-electron chi connectivity index (χ3n) is 4.23. The number of nitrogens with one attached hydrogen (secondary N) is 2. The van der Waals surface area contributed by atoms with Crippen molar-refractivity contribution in [2.45, 2.75) is 58.5 Å². The van der Waals surface area contributed by atoms with E-state index in [0.717, 1.165) is 42.6 Å². The van der Waals surface area contributed by atoms with Crippen LogP contribution in [-0.4, -0.2) is 47.9 Å². The van der Waals surface area contributed by atoms with Crippen LogP contribution in [0.25, 0.3) is 0 Å². The fourth-order valence-electron chi connectivity index (χ4n) is 2.62. The Labute approximate surface area is 148 Å². The maximum atomic E-state index is 11.4. The Morgan fingerprint density at radius 2 is 2.08 bits per heavy atom. The molecule has 0 atom stereocenters. The lowest BCUT2D eigenvalue weighted by molar-refractivity contribution is -0.129. The van der Waals surface area contributed by atoms with Crippen LogP contribution in [0.2, 0.25) is 0 Å². The summed E-state index contributed by atoms with van der Waals surface area (Å²) in [5.41, 5.74) is 1.21. The minimum Gasteiger partial charge on any atom is -0.354 e. The van der Waals surface area contributed by atoms with E-state index in [1.807, 2.05) is 4.90 Å². The molecule has 0 bridgehead atoms. The lowest BCUT2D eigenvalue weighted by Gasteiger charge is -2.32. The first kappa shape index (κ1) is 18.7. The molecule has 2 N–H and O–H groups in total. The number of hydrogen-bond acceptors (Lipinski definition) is 4. The van der Waals surface area contributed by atoms with E-state index in [1.165, 1.54) is 0 Å². The summed E-state index contributed by atoms with van der Waals surface area (Å²) >= 11 is 1.68. The largest absolute Gasteiger partial charge is 0.354 e. The van der Waals surface area contributed by atoms with Crippen molar-refractivity contribution in [2.75, 3.05) is 20.1 Å². The van der Waals surface area contributed by atoms with Gasteiger partial charge in [-0.15, -0.1) is 11.3 Å². The van der Waals surface area contributed by atoms with Crippen molar-refractivity contribution in [3.63, 3.8) is 0 Å². The molecule has 1 aromatic heterocycles. The van der Waals surface area contributed by atoms with E-state index >= 15 is 0 Å². The average Bonchev–Trinajstić information content (AvgIpc) is 3.01. The van der Waals surface area contributed by atoms with E-state index in [4.69, 9.17) is 4.98 Å². The first-order valence-corrected chi connectivity index (χ1v) is 9.35. The molecule has 0 saturated carbocycles. The van der Waals surface area contributed by atoms with Gasteiger partial charge < -0.3 is 15.5 Å². The van der Waals surface area contributed by atoms with Crippen molar-refractivity contribution in [1.82, 2.24) is 20.5 Å². The number of piperidine rings is 1. The second-order valence-electron chi connectivity index (χ2n) is 7.23. The molecule has 0 spiro atoms. The molecule has 2 rings (SSSR count). The average molecular weight is 352 g/mol. The first-order valence-electron chi connectivity index (χ1n) is 8.47. The van der Waals surface area contributed by atoms with Gasteiger partial charge in [0.1, 0.15) is 5.01 Å². The van der Waals surface area contributed by atoms with Gasteiger partial charge in [0, 0.05) is 43.9 Å². The molecule has 1 aromatic rings. The number of thiazole rings is 1. The Bertz CT molecular complexity index is 582. The van der Waals surface area contributed by atoms with E-state index in [9.17, 15) is 4.79 Å².